The van der Waals surface area contributed by atoms with E-state index in [4.69, 9.17) is 9.47 Å². The first-order valence-electron chi connectivity index (χ1n) is 8.44. The van der Waals surface area contributed by atoms with Gasteiger partial charge in [0.15, 0.2) is 11.5 Å². The van der Waals surface area contributed by atoms with E-state index in [9.17, 15) is 4.79 Å². The van der Waals surface area contributed by atoms with Crippen LogP contribution in [0, 0.1) is 0 Å². The van der Waals surface area contributed by atoms with Gasteiger partial charge in [-0.15, -0.1) is 11.8 Å². The average molecular weight is 356 g/mol. The molecule has 2 aromatic rings. The van der Waals surface area contributed by atoms with Crippen LogP contribution in [0.25, 0.3) is 0 Å². The summed E-state index contributed by atoms with van der Waals surface area (Å²) in [7, 11) is 0. The number of rotatable bonds is 3. The molecular formula is C19H20N2O3S. The molecule has 0 aromatic heterocycles. The van der Waals surface area contributed by atoms with Gasteiger partial charge in [0.05, 0.1) is 6.04 Å². The van der Waals surface area contributed by atoms with Crippen molar-refractivity contribution < 1.29 is 14.3 Å². The first-order chi connectivity index (χ1) is 12.3. The van der Waals surface area contributed by atoms with Crippen molar-refractivity contribution >= 4 is 17.8 Å². The molecule has 0 saturated heterocycles. The lowest BCUT2D eigenvalue weighted by atomic mass is 10.0. The van der Waals surface area contributed by atoms with Gasteiger partial charge in [-0.25, -0.2) is 4.79 Å². The second kappa shape index (κ2) is 7.27. The number of nitrogens with one attached hydrogen (secondary N) is 2. The summed E-state index contributed by atoms with van der Waals surface area (Å²) in [6.07, 6.45) is 0.944. The fourth-order valence-electron chi connectivity index (χ4n) is 3.08. The molecule has 130 valence electrons. The predicted octanol–water partition coefficient (Wildman–Crippen LogP) is 3.49. The molecule has 1 atom stereocenters. The summed E-state index contributed by atoms with van der Waals surface area (Å²) in [5.41, 5.74) is 2.19. The zero-order valence-electron chi connectivity index (χ0n) is 13.8. The fourth-order valence-corrected chi connectivity index (χ4v) is 4.21. The third kappa shape index (κ3) is 3.69. The minimum Gasteiger partial charge on any atom is -0.486 e. The van der Waals surface area contributed by atoms with Crippen LogP contribution in [0.4, 0.5) is 4.79 Å². The zero-order valence-corrected chi connectivity index (χ0v) is 14.6. The summed E-state index contributed by atoms with van der Waals surface area (Å²) < 4.78 is 11.1. The van der Waals surface area contributed by atoms with Gasteiger partial charge in [-0.05, 0) is 35.7 Å². The van der Waals surface area contributed by atoms with Crippen molar-refractivity contribution in [3.63, 3.8) is 0 Å². The molecule has 4 rings (SSSR count). The molecule has 0 fully saturated rings. The second-order valence-corrected chi connectivity index (χ2v) is 7.17. The van der Waals surface area contributed by atoms with Crippen molar-refractivity contribution in [2.45, 2.75) is 23.9 Å². The lowest BCUT2D eigenvalue weighted by molar-refractivity contribution is 0.171. The summed E-state index contributed by atoms with van der Waals surface area (Å²) >= 11 is 1.85. The van der Waals surface area contributed by atoms with Gasteiger partial charge in [0, 0.05) is 17.2 Å². The number of benzene rings is 2. The molecule has 0 saturated carbocycles. The van der Waals surface area contributed by atoms with Crippen LogP contribution in [0.15, 0.2) is 47.4 Å². The molecular weight excluding hydrogens is 336 g/mol. The van der Waals surface area contributed by atoms with E-state index in [1.54, 1.807) is 0 Å². The largest absolute Gasteiger partial charge is 0.486 e. The summed E-state index contributed by atoms with van der Waals surface area (Å²) in [5, 5.41) is 6.02. The molecule has 25 heavy (non-hydrogen) atoms. The fraction of sp³-hybridized carbons (Fsp3) is 0.316. The van der Waals surface area contributed by atoms with Crippen LogP contribution in [0.2, 0.25) is 0 Å². The van der Waals surface area contributed by atoms with E-state index in [1.165, 1.54) is 10.5 Å². The topological polar surface area (TPSA) is 59.6 Å². The molecule has 2 aromatic carbocycles. The van der Waals surface area contributed by atoms with Gasteiger partial charge in [-0.3, -0.25) is 0 Å². The highest BCUT2D eigenvalue weighted by molar-refractivity contribution is 7.99. The molecule has 2 aliphatic rings. The Morgan fingerprint density at radius 1 is 1.12 bits per heavy atom. The molecule has 0 radical (unpaired) electrons. The minimum absolute atomic E-state index is 0.0673. The van der Waals surface area contributed by atoms with Gasteiger partial charge in [0.1, 0.15) is 13.2 Å². The molecule has 2 amide bonds. The van der Waals surface area contributed by atoms with Gasteiger partial charge >= 0.3 is 6.03 Å². The van der Waals surface area contributed by atoms with Crippen LogP contribution < -0.4 is 20.1 Å². The smallest absolute Gasteiger partial charge is 0.315 e. The average Bonchev–Trinajstić information content (AvgIpc) is 2.66. The summed E-state index contributed by atoms with van der Waals surface area (Å²) in [5.74, 6) is 2.52. The van der Waals surface area contributed by atoms with Crippen molar-refractivity contribution in [1.29, 1.82) is 0 Å². The summed E-state index contributed by atoms with van der Waals surface area (Å²) in [6, 6.07) is 13.9. The Labute approximate surface area is 151 Å². The maximum absolute atomic E-state index is 12.3. The van der Waals surface area contributed by atoms with E-state index in [-0.39, 0.29) is 12.1 Å². The molecule has 2 N–H and O–H groups in total. The quantitative estimate of drug-likeness (QED) is 0.884. The van der Waals surface area contributed by atoms with Gasteiger partial charge in [0.25, 0.3) is 0 Å². The highest BCUT2D eigenvalue weighted by atomic mass is 32.2. The first kappa shape index (κ1) is 16.1. The predicted molar refractivity (Wildman–Crippen MR) is 97.3 cm³/mol. The SMILES string of the molecule is O=C(NCc1ccc2c(c1)OCCO2)N[C@@H]1CCSc2ccccc21. The van der Waals surface area contributed by atoms with Crippen LogP contribution in [0.3, 0.4) is 0 Å². The van der Waals surface area contributed by atoms with Gasteiger partial charge in [-0.1, -0.05) is 24.3 Å². The number of thioether (sulfide) groups is 1. The van der Waals surface area contributed by atoms with Crippen molar-refractivity contribution in [3.8, 4) is 11.5 Å². The molecule has 2 heterocycles. The molecule has 0 bridgehead atoms. The van der Waals surface area contributed by atoms with E-state index < -0.39 is 0 Å². The van der Waals surface area contributed by atoms with Crippen LogP contribution >= 0.6 is 11.8 Å². The van der Waals surface area contributed by atoms with Gasteiger partial charge < -0.3 is 20.1 Å². The van der Waals surface area contributed by atoms with Crippen molar-refractivity contribution in [3.05, 3.63) is 53.6 Å². The second-order valence-electron chi connectivity index (χ2n) is 6.03. The Morgan fingerprint density at radius 2 is 1.96 bits per heavy atom. The number of carbonyl (C=O) groups is 1. The van der Waals surface area contributed by atoms with Crippen molar-refractivity contribution in [1.82, 2.24) is 10.6 Å². The van der Waals surface area contributed by atoms with Crippen LogP contribution in [-0.2, 0) is 6.54 Å². The summed E-state index contributed by atoms with van der Waals surface area (Å²) in [4.78, 5) is 13.6. The number of fused-ring (bicyclic) bond motifs is 2. The maximum Gasteiger partial charge on any atom is 0.315 e. The van der Waals surface area contributed by atoms with E-state index >= 15 is 0 Å². The van der Waals surface area contributed by atoms with Crippen LogP contribution in [-0.4, -0.2) is 25.0 Å². The Morgan fingerprint density at radius 3 is 2.88 bits per heavy atom. The number of hydrogen-bond donors (Lipinski definition) is 2. The number of carbonyl (C=O) groups excluding carboxylic acids is 1. The molecule has 0 unspecified atom stereocenters. The highest BCUT2D eigenvalue weighted by Gasteiger charge is 2.21. The third-order valence-corrected chi connectivity index (χ3v) is 5.45. The van der Waals surface area contributed by atoms with E-state index in [2.05, 4.69) is 22.8 Å². The first-order valence-corrected chi connectivity index (χ1v) is 9.43. The number of hydrogen-bond acceptors (Lipinski definition) is 4. The normalized spacial score (nSPS) is 18.2. The Kier molecular flexibility index (Phi) is 4.70. The van der Waals surface area contributed by atoms with E-state index in [0.717, 1.165) is 29.2 Å². The summed E-state index contributed by atoms with van der Waals surface area (Å²) in [6.45, 7) is 1.59. The minimum atomic E-state index is -0.151. The number of urea groups is 1. The van der Waals surface area contributed by atoms with Crippen LogP contribution in [0.1, 0.15) is 23.6 Å². The number of ether oxygens (including phenoxy) is 2. The zero-order chi connectivity index (χ0) is 17.1. The molecule has 5 nitrogen and oxygen atoms in total. The molecule has 2 aliphatic heterocycles. The molecule has 0 spiro atoms. The van der Waals surface area contributed by atoms with Gasteiger partial charge in [0.2, 0.25) is 0 Å². The Hall–Kier alpha value is -2.34. The lowest BCUT2D eigenvalue weighted by Crippen LogP contribution is -2.38. The Bertz CT molecular complexity index is 781. The maximum atomic E-state index is 12.3. The molecule has 6 heteroatoms. The highest BCUT2D eigenvalue weighted by Crippen LogP contribution is 2.35. The van der Waals surface area contributed by atoms with Gasteiger partial charge in [-0.2, -0.15) is 0 Å². The standard InChI is InChI=1S/C19H20N2O3S/c22-19(21-15-7-10-25-18-4-2-1-3-14(15)18)20-12-13-5-6-16-17(11-13)24-9-8-23-16/h1-6,11,15H,7-10,12H2,(H2,20,21,22)/t15-/m1/s1. The van der Waals surface area contributed by atoms with Crippen molar-refractivity contribution in [2.75, 3.05) is 19.0 Å². The monoisotopic (exact) mass is 356 g/mol. The van der Waals surface area contributed by atoms with E-state index in [0.29, 0.717) is 19.8 Å². The number of amides is 2. The molecule has 0 aliphatic carbocycles. The van der Waals surface area contributed by atoms with E-state index in [1.807, 2.05) is 42.1 Å². The van der Waals surface area contributed by atoms with Crippen LogP contribution in [0.5, 0.6) is 11.5 Å². The third-order valence-electron chi connectivity index (χ3n) is 4.32. The Balaban J connectivity index is 1.36. The van der Waals surface area contributed by atoms with Crippen molar-refractivity contribution in [2.24, 2.45) is 0 Å². The lowest BCUT2D eigenvalue weighted by Gasteiger charge is -2.26.